The number of nitrogens with two attached hydrogens (primary N) is 1. The van der Waals surface area contributed by atoms with Crippen LogP contribution in [0.4, 0.5) is 0 Å². The minimum atomic E-state index is 0.495. The molecular weight excluding hydrogens is 194 g/mol. The van der Waals surface area contributed by atoms with Crippen molar-refractivity contribution in [3.63, 3.8) is 0 Å². The third-order valence-corrected chi connectivity index (χ3v) is 5.54. The van der Waals surface area contributed by atoms with Crippen molar-refractivity contribution in [1.29, 1.82) is 0 Å². The molecule has 2 N–H and O–H groups in total. The molecule has 4 aliphatic carbocycles. The van der Waals surface area contributed by atoms with E-state index in [-0.39, 0.29) is 0 Å². The van der Waals surface area contributed by atoms with E-state index in [0.29, 0.717) is 6.04 Å². The van der Waals surface area contributed by atoms with Crippen molar-refractivity contribution >= 4 is 0 Å². The van der Waals surface area contributed by atoms with Crippen LogP contribution >= 0.6 is 0 Å². The van der Waals surface area contributed by atoms with Crippen LogP contribution in [0.15, 0.2) is 0 Å². The molecule has 0 heterocycles. The Kier molecular flexibility index (Phi) is 2.78. The lowest BCUT2D eigenvalue weighted by Gasteiger charge is -2.56. The van der Waals surface area contributed by atoms with E-state index in [1.54, 1.807) is 6.42 Å². The van der Waals surface area contributed by atoms with Crippen molar-refractivity contribution in [2.75, 3.05) is 0 Å². The van der Waals surface area contributed by atoms with Gasteiger partial charge in [-0.25, -0.2) is 0 Å². The molecule has 4 aliphatic rings. The molecule has 4 saturated carbocycles. The molecule has 0 spiro atoms. The number of hydrogen-bond donors (Lipinski definition) is 1. The normalized spacial score (nSPS) is 47.6. The minimum absolute atomic E-state index is 0.495. The topological polar surface area (TPSA) is 26.0 Å². The summed E-state index contributed by atoms with van der Waals surface area (Å²) in [5.41, 5.74) is 6.50. The molecule has 0 amide bonds. The van der Waals surface area contributed by atoms with Crippen LogP contribution in [0.3, 0.4) is 0 Å². The summed E-state index contributed by atoms with van der Waals surface area (Å²) in [6.45, 7) is 4.63. The Morgan fingerprint density at radius 2 is 1.44 bits per heavy atom. The van der Waals surface area contributed by atoms with Gasteiger partial charge in [0.15, 0.2) is 0 Å². The highest BCUT2D eigenvalue weighted by atomic mass is 14.7. The van der Waals surface area contributed by atoms with Gasteiger partial charge in [-0.15, -0.1) is 0 Å². The van der Waals surface area contributed by atoms with E-state index in [9.17, 15) is 0 Å². The second kappa shape index (κ2) is 4.01. The summed E-state index contributed by atoms with van der Waals surface area (Å²) in [7, 11) is 0. The largest absolute Gasteiger partial charge is 0.327 e. The van der Waals surface area contributed by atoms with Gasteiger partial charge in [-0.3, -0.25) is 0 Å². The van der Waals surface area contributed by atoms with Crippen molar-refractivity contribution in [3.05, 3.63) is 0 Å². The Morgan fingerprint density at radius 3 is 1.88 bits per heavy atom. The lowest BCUT2D eigenvalue weighted by atomic mass is 9.50. The molecule has 0 saturated heterocycles. The average Bonchev–Trinajstić information content (AvgIpc) is 2.13. The Bertz CT molecular complexity index is 230. The average molecular weight is 221 g/mol. The first-order chi connectivity index (χ1) is 7.63. The standard InChI is InChI=1S/C15H27N/c1-9(2)3-14(16)15-12-5-10-4-11(7-12)8-13(15)6-10/h9-15H,3-8,16H2,1-2H3. The highest BCUT2D eigenvalue weighted by molar-refractivity contribution is 5.01. The van der Waals surface area contributed by atoms with Crippen LogP contribution in [0, 0.1) is 35.5 Å². The maximum absolute atomic E-state index is 6.50. The molecule has 1 heteroatoms. The van der Waals surface area contributed by atoms with E-state index in [2.05, 4.69) is 13.8 Å². The van der Waals surface area contributed by atoms with Crippen LogP contribution in [-0.4, -0.2) is 6.04 Å². The van der Waals surface area contributed by atoms with Crippen LogP contribution in [0.1, 0.15) is 52.4 Å². The molecule has 1 nitrogen and oxygen atoms in total. The van der Waals surface area contributed by atoms with Crippen molar-refractivity contribution in [2.24, 2.45) is 41.2 Å². The highest BCUT2D eigenvalue weighted by Crippen LogP contribution is 2.57. The van der Waals surface area contributed by atoms with E-state index < -0.39 is 0 Å². The lowest BCUT2D eigenvalue weighted by molar-refractivity contribution is -0.0488. The van der Waals surface area contributed by atoms with Crippen LogP contribution in [0.25, 0.3) is 0 Å². The Morgan fingerprint density at radius 1 is 0.938 bits per heavy atom. The second-order valence-electron chi connectivity index (χ2n) is 7.30. The van der Waals surface area contributed by atoms with E-state index in [0.717, 1.165) is 35.5 Å². The predicted molar refractivity (Wildman–Crippen MR) is 68.0 cm³/mol. The zero-order chi connectivity index (χ0) is 11.3. The Hall–Kier alpha value is -0.0400. The van der Waals surface area contributed by atoms with E-state index in [4.69, 9.17) is 5.73 Å². The molecule has 16 heavy (non-hydrogen) atoms. The molecule has 4 rings (SSSR count). The summed E-state index contributed by atoms with van der Waals surface area (Å²) in [4.78, 5) is 0. The first kappa shape index (κ1) is 11.1. The summed E-state index contributed by atoms with van der Waals surface area (Å²) in [6.07, 6.45) is 8.87. The van der Waals surface area contributed by atoms with Gasteiger partial charge in [-0.2, -0.15) is 0 Å². The lowest BCUT2D eigenvalue weighted by Crippen LogP contribution is -2.51. The van der Waals surface area contributed by atoms with Gasteiger partial charge in [0.2, 0.25) is 0 Å². The van der Waals surface area contributed by atoms with Crippen molar-refractivity contribution in [3.8, 4) is 0 Å². The quantitative estimate of drug-likeness (QED) is 0.776. The van der Waals surface area contributed by atoms with Gasteiger partial charge < -0.3 is 5.73 Å². The van der Waals surface area contributed by atoms with Crippen molar-refractivity contribution in [1.82, 2.24) is 0 Å². The molecule has 0 aromatic rings. The van der Waals surface area contributed by atoms with Crippen molar-refractivity contribution in [2.45, 2.75) is 58.4 Å². The maximum Gasteiger partial charge on any atom is 0.00748 e. The van der Waals surface area contributed by atoms with Gasteiger partial charge in [-0.1, -0.05) is 13.8 Å². The third kappa shape index (κ3) is 1.81. The zero-order valence-electron chi connectivity index (χ0n) is 10.9. The molecule has 1 atom stereocenters. The molecule has 1 unspecified atom stereocenters. The number of rotatable bonds is 3. The summed E-state index contributed by atoms with van der Waals surface area (Å²) < 4.78 is 0. The predicted octanol–water partition coefficient (Wildman–Crippen LogP) is 3.43. The highest BCUT2D eigenvalue weighted by Gasteiger charge is 2.49. The van der Waals surface area contributed by atoms with Crippen LogP contribution in [0.2, 0.25) is 0 Å². The van der Waals surface area contributed by atoms with Gasteiger partial charge in [0.05, 0.1) is 0 Å². The van der Waals surface area contributed by atoms with Gasteiger partial charge in [-0.05, 0) is 74.0 Å². The SMILES string of the molecule is CC(C)CC(N)C1C2CC3CC(C2)CC1C3. The fourth-order valence-electron chi connectivity index (χ4n) is 5.37. The summed E-state index contributed by atoms with van der Waals surface area (Å²) in [5.74, 6) is 5.84. The van der Waals surface area contributed by atoms with Gasteiger partial charge in [0.25, 0.3) is 0 Å². The van der Waals surface area contributed by atoms with Crippen LogP contribution in [0.5, 0.6) is 0 Å². The summed E-state index contributed by atoms with van der Waals surface area (Å²) in [5, 5.41) is 0. The van der Waals surface area contributed by atoms with E-state index in [1.165, 1.54) is 32.1 Å². The van der Waals surface area contributed by atoms with Crippen molar-refractivity contribution < 1.29 is 0 Å². The maximum atomic E-state index is 6.50. The second-order valence-corrected chi connectivity index (χ2v) is 7.30. The molecule has 4 bridgehead atoms. The van der Waals surface area contributed by atoms with E-state index >= 15 is 0 Å². The minimum Gasteiger partial charge on any atom is -0.327 e. The van der Waals surface area contributed by atoms with Crippen LogP contribution < -0.4 is 5.73 Å². The summed E-state index contributed by atoms with van der Waals surface area (Å²) in [6, 6.07) is 0.495. The first-order valence-corrected chi connectivity index (χ1v) is 7.39. The fraction of sp³-hybridized carbons (Fsp3) is 1.00. The monoisotopic (exact) mass is 221 g/mol. The molecule has 0 aromatic heterocycles. The first-order valence-electron chi connectivity index (χ1n) is 7.39. The summed E-state index contributed by atoms with van der Waals surface area (Å²) >= 11 is 0. The zero-order valence-corrected chi connectivity index (χ0v) is 10.9. The third-order valence-electron chi connectivity index (χ3n) is 5.54. The molecular formula is C15H27N. The molecule has 0 aliphatic heterocycles. The molecule has 0 aromatic carbocycles. The van der Waals surface area contributed by atoms with E-state index in [1.807, 2.05) is 0 Å². The smallest absolute Gasteiger partial charge is 0.00748 e. The Labute approximate surface area is 100 Å². The van der Waals surface area contributed by atoms with Gasteiger partial charge in [0, 0.05) is 6.04 Å². The molecule has 0 radical (unpaired) electrons. The number of hydrogen-bond acceptors (Lipinski definition) is 1. The Balaban J connectivity index is 1.71. The van der Waals surface area contributed by atoms with Gasteiger partial charge in [0.1, 0.15) is 0 Å². The fourth-order valence-corrected chi connectivity index (χ4v) is 5.37. The van der Waals surface area contributed by atoms with Gasteiger partial charge >= 0.3 is 0 Å². The molecule has 4 fully saturated rings. The van der Waals surface area contributed by atoms with Crippen LogP contribution in [-0.2, 0) is 0 Å². The molecule has 92 valence electrons.